The zero-order valence-corrected chi connectivity index (χ0v) is 16.2. The molecule has 0 spiro atoms. The lowest BCUT2D eigenvalue weighted by Crippen LogP contribution is -2.53. The number of pyridine rings is 1. The van der Waals surface area contributed by atoms with Gasteiger partial charge in [0.15, 0.2) is 0 Å². The Labute approximate surface area is 164 Å². The monoisotopic (exact) mass is 413 g/mol. The molecule has 4 rings (SSSR count). The first-order chi connectivity index (χ1) is 12.6. The van der Waals surface area contributed by atoms with Crippen LogP contribution in [0.1, 0.15) is 6.42 Å². The Morgan fingerprint density at radius 1 is 1.19 bits per heavy atom. The van der Waals surface area contributed by atoms with Crippen LogP contribution in [0.4, 0.5) is 10.1 Å². The normalized spacial score (nSPS) is 22.3. The maximum atomic E-state index is 14.4. The largest absolute Gasteiger partial charge is 0.490 e. The van der Waals surface area contributed by atoms with E-state index >= 15 is 0 Å². The topological polar surface area (TPSA) is 71.5 Å². The minimum atomic E-state index is -3.65. The van der Waals surface area contributed by atoms with Gasteiger partial charge in [-0.3, -0.25) is 4.98 Å². The second-order valence-electron chi connectivity index (χ2n) is 6.43. The number of sulfone groups is 1. The van der Waals surface area contributed by atoms with Gasteiger partial charge in [-0.25, -0.2) is 12.8 Å². The van der Waals surface area contributed by atoms with Crippen LogP contribution >= 0.6 is 12.4 Å². The molecule has 1 aromatic carbocycles. The smallest absolute Gasteiger partial charge is 0.206 e. The van der Waals surface area contributed by atoms with E-state index in [9.17, 15) is 12.8 Å². The predicted molar refractivity (Wildman–Crippen MR) is 102 cm³/mol. The highest BCUT2D eigenvalue weighted by molar-refractivity contribution is 7.91. The SMILES string of the molecule is Cl.O=S(=O)(c1ccncc1)c1ccc2c(c1)OCCN2C1CCNCC1F. The molecule has 3 heterocycles. The van der Waals surface area contributed by atoms with E-state index in [4.69, 9.17) is 4.74 Å². The van der Waals surface area contributed by atoms with Crippen LogP contribution in [0.3, 0.4) is 0 Å². The molecule has 2 aliphatic rings. The van der Waals surface area contributed by atoms with Crippen molar-refractivity contribution in [1.82, 2.24) is 10.3 Å². The number of anilines is 1. The minimum Gasteiger partial charge on any atom is -0.490 e. The van der Waals surface area contributed by atoms with E-state index in [1.54, 1.807) is 12.1 Å². The van der Waals surface area contributed by atoms with Crippen molar-refractivity contribution in [3.8, 4) is 5.75 Å². The molecule has 1 fully saturated rings. The molecule has 1 saturated heterocycles. The van der Waals surface area contributed by atoms with E-state index in [2.05, 4.69) is 10.3 Å². The third-order valence-corrected chi connectivity index (χ3v) is 6.64. The van der Waals surface area contributed by atoms with E-state index in [1.165, 1.54) is 30.6 Å². The van der Waals surface area contributed by atoms with E-state index in [0.717, 1.165) is 12.2 Å². The van der Waals surface area contributed by atoms with Gasteiger partial charge in [0.2, 0.25) is 9.84 Å². The molecule has 2 unspecified atom stereocenters. The lowest BCUT2D eigenvalue weighted by atomic mass is 10.0. The number of ether oxygens (including phenoxy) is 1. The second-order valence-corrected chi connectivity index (χ2v) is 8.38. The average molecular weight is 414 g/mol. The zero-order chi connectivity index (χ0) is 18.1. The molecule has 2 aliphatic heterocycles. The molecule has 0 bridgehead atoms. The summed E-state index contributed by atoms with van der Waals surface area (Å²) in [4.78, 5) is 6.20. The summed E-state index contributed by atoms with van der Waals surface area (Å²) in [5.74, 6) is 0.483. The van der Waals surface area contributed by atoms with Gasteiger partial charge < -0.3 is 15.0 Å². The lowest BCUT2D eigenvalue weighted by molar-refractivity contribution is 0.208. The number of hydrogen-bond donors (Lipinski definition) is 1. The molecule has 9 heteroatoms. The minimum absolute atomic E-state index is 0. The van der Waals surface area contributed by atoms with Crippen LogP contribution in [0, 0.1) is 0 Å². The number of alkyl halides is 1. The number of fused-ring (bicyclic) bond motifs is 1. The number of nitrogens with zero attached hydrogens (tertiary/aromatic N) is 2. The first-order valence-electron chi connectivity index (χ1n) is 8.61. The zero-order valence-electron chi connectivity index (χ0n) is 14.5. The number of hydrogen-bond acceptors (Lipinski definition) is 6. The van der Waals surface area contributed by atoms with Crippen LogP contribution in [0.2, 0.25) is 0 Å². The highest BCUT2D eigenvalue weighted by Gasteiger charge is 2.34. The van der Waals surface area contributed by atoms with Crippen LogP contribution in [0.15, 0.2) is 52.5 Å². The van der Waals surface area contributed by atoms with Crippen LogP contribution < -0.4 is 15.0 Å². The van der Waals surface area contributed by atoms with Gasteiger partial charge in [0.05, 0.1) is 28.1 Å². The molecule has 1 N–H and O–H groups in total. The third kappa shape index (κ3) is 3.74. The van der Waals surface area contributed by atoms with Gasteiger partial charge in [-0.1, -0.05) is 0 Å². The van der Waals surface area contributed by atoms with Gasteiger partial charge >= 0.3 is 0 Å². The van der Waals surface area contributed by atoms with Crippen molar-refractivity contribution in [3.63, 3.8) is 0 Å². The Hall–Kier alpha value is -1.90. The second kappa shape index (κ2) is 8.00. The van der Waals surface area contributed by atoms with E-state index < -0.39 is 16.0 Å². The summed E-state index contributed by atoms with van der Waals surface area (Å²) < 4.78 is 45.6. The van der Waals surface area contributed by atoms with Crippen molar-refractivity contribution in [3.05, 3.63) is 42.7 Å². The molecule has 6 nitrogen and oxygen atoms in total. The van der Waals surface area contributed by atoms with E-state index in [-0.39, 0.29) is 28.2 Å². The Balaban J connectivity index is 0.00000210. The highest BCUT2D eigenvalue weighted by Crippen LogP contribution is 2.37. The summed E-state index contributed by atoms with van der Waals surface area (Å²) >= 11 is 0. The van der Waals surface area contributed by atoms with Gasteiger partial charge in [-0.15, -0.1) is 12.4 Å². The van der Waals surface area contributed by atoms with E-state index in [0.29, 0.717) is 31.9 Å². The number of halogens is 2. The van der Waals surface area contributed by atoms with Gasteiger partial charge in [0.25, 0.3) is 0 Å². The summed E-state index contributed by atoms with van der Waals surface area (Å²) in [6, 6.07) is 7.52. The molecule has 2 aromatic rings. The molecule has 1 aromatic heterocycles. The summed E-state index contributed by atoms with van der Waals surface area (Å²) in [6.45, 7) is 2.11. The molecular weight excluding hydrogens is 393 g/mol. The summed E-state index contributed by atoms with van der Waals surface area (Å²) in [5.41, 5.74) is 0.750. The van der Waals surface area contributed by atoms with Gasteiger partial charge in [-0.2, -0.15) is 0 Å². The first-order valence-corrected chi connectivity index (χ1v) is 10.1. The maximum absolute atomic E-state index is 14.4. The van der Waals surface area contributed by atoms with Crippen LogP contribution in [-0.4, -0.2) is 51.9 Å². The lowest BCUT2D eigenvalue weighted by Gasteiger charge is -2.41. The quantitative estimate of drug-likeness (QED) is 0.832. The van der Waals surface area contributed by atoms with Crippen molar-refractivity contribution < 1.29 is 17.5 Å². The molecule has 2 atom stereocenters. The third-order valence-electron chi connectivity index (χ3n) is 4.87. The Bertz CT molecular complexity index is 898. The summed E-state index contributed by atoms with van der Waals surface area (Å²) in [5, 5.41) is 3.06. The summed E-state index contributed by atoms with van der Waals surface area (Å²) in [6.07, 6.45) is 2.64. The number of rotatable bonds is 3. The molecule has 0 saturated carbocycles. The molecular formula is C18H21ClFN3O3S. The molecule has 0 radical (unpaired) electrons. The van der Waals surface area contributed by atoms with Crippen molar-refractivity contribution >= 4 is 27.9 Å². The van der Waals surface area contributed by atoms with Crippen molar-refractivity contribution in [2.24, 2.45) is 0 Å². The standard InChI is InChI=1S/C18H20FN3O3S.ClH/c19-15-12-21-8-5-16(15)22-9-10-25-18-11-14(1-2-17(18)22)26(23,24)13-3-6-20-7-4-13;/h1-4,6-7,11,15-16,21H,5,8-10,12H2;1H. The fourth-order valence-corrected chi connectivity index (χ4v) is 4.81. The number of nitrogens with one attached hydrogen (secondary N) is 1. The molecule has 146 valence electrons. The molecule has 0 aliphatic carbocycles. The van der Waals surface area contributed by atoms with Crippen LogP contribution in [-0.2, 0) is 9.84 Å². The van der Waals surface area contributed by atoms with Crippen molar-refractivity contribution in [2.75, 3.05) is 31.1 Å². The number of benzene rings is 1. The maximum Gasteiger partial charge on any atom is 0.206 e. The Morgan fingerprint density at radius 3 is 2.70 bits per heavy atom. The molecule has 27 heavy (non-hydrogen) atoms. The highest BCUT2D eigenvalue weighted by atomic mass is 35.5. The van der Waals surface area contributed by atoms with Gasteiger partial charge in [0.1, 0.15) is 18.5 Å². The van der Waals surface area contributed by atoms with Crippen LogP contribution in [0.5, 0.6) is 5.75 Å². The summed E-state index contributed by atoms with van der Waals surface area (Å²) in [7, 11) is -3.65. The first kappa shape index (κ1) is 19.9. The molecule has 0 amide bonds. The van der Waals surface area contributed by atoms with Crippen molar-refractivity contribution in [2.45, 2.75) is 28.4 Å². The Morgan fingerprint density at radius 2 is 1.96 bits per heavy atom. The Kier molecular flexibility index (Phi) is 5.88. The fraction of sp³-hybridized carbons (Fsp3) is 0.389. The van der Waals surface area contributed by atoms with Gasteiger partial charge in [0, 0.05) is 25.0 Å². The predicted octanol–water partition coefficient (Wildman–Crippen LogP) is 2.24. The number of aromatic nitrogens is 1. The average Bonchev–Trinajstić information content (AvgIpc) is 2.68. The van der Waals surface area contributed by atoms with E-state index in [1.807, 2.05) is 4.90 Å². The van der Waals surface area contributed by atoms with Gasteiger partial charge in [-0.05, 0) is 37.2 Å². The van der Waals surface area contributed by atoms with Crippen LogP contribution in [0.25, 0.3) is 0 Å². The fourth-order valence-electron chi connectivity index (χ4n) is 3.54. The number of piperidine rings is 1. The van der Waals surface area contributed by atoms with Crippen molar-refractivity contribution in [1.29, 1.82) is 0 Å².